The van der Waals surface area contributed by atoms with Crippen LogP contribution < -0.4 is 5.32 Å². The van der Waals surface area contributed by atoms with E-state index in [1.54, 1.807) is 6.08 Å². The Balaban J connectivity index is 2.70. The maximum Gasteiger partial charge on any atom is 0.306 e. The van der Waals surface area contributed by atoms with E-state index >= 15 is 0 Å². The third-order valence-corrected chi connectivity index (χ3v) is 14.1. The lowest BCUT2D eigenvalue weighted by Crippen LogP contribution is -2.61. The lowest BCUT2D eigenvalue weighted by Gasteiger charge is -2.41. The van der Waals surface area contributed by atoms with E-state index in [-0.39, 0.29) is 19.4 Å². The largest absolute Gasteiger partial charge is 0.454 e. The monoisotopic (exact) mass is 994 g/mol. The highest BCUT2D eigenvalue weighted by molar-refractivity contribution is 5.80. The Hall–Kier alpha value is -1.86. The van der Waals surface area contributed by atoms with Crippen LogP contribution >= 0.6 is 0 Å². The van der Waals surface area contributed by atoms with Crippen molar-refractivity contribution in [1.82, 2.24) is 5.32 Å². The first kappa shape index (κ1) is 66.2. The molecule has 1 aliphatic rings. The molecule has 0 aromatic carbocycles. The van der Waals surface area contributed by atoms with Crippen LogP contribution in [0.5, 0.6) is 0 Å². The summed E-state index contributed by atoms with van der Waals surface area (Å²) in [5, 5.41) is 56.8. The maximum atomic E-state index is 13.3. The van der Waals surface area contributed by atoms with Gasteiger partial charge in [-0.05, 0) is 51.4 Å². The average molecular weight is 995 g/mol. The first-order valence-electron chi connectivity index (χ1n) is 29.6. The topological polar surface area (TPSA) is 175 Å². The number of unbranched alkanes of at least 4 members (excludes halogenated alkanes) is 34. The molecule has 1 saturated heterocycles. The van der Waals surface area contributed by atoms with Gasteiger partial charge in [0.05, 0.1) is 25.4 Å². The van der Waals surface area contributed by atoms with Crippen molar-refractivity contribution in [3.05, 3.63) is 24.3 Å². The van der Waals surface area contributed by atoms with Gasteiger partial charge in [0.15, 0.2) is 12.4 Å². The molecule has 11 nitrogen and oxygen atoms in total. The SMILES string of the molecule is CCCCCCCC/C=C\CCCCC(O)C(=O)NC(COC1OC(CO)C(O)C(O)C1OC(=O)CCCCCCCCCCCCCCCCCCC)C(O)/C=C/CCCCCCCCCCCC. The Labute approximate surface area is 429 Å². The van der Waals surface area contributed by atoms with Crippen molar-refractivity contribution in [2.24, 2.45) is 0 Å². The summed E-state index contributed by atoms with van der Waals surface area (Å²) >= 11 is 0. The number of aliphatic hydroxyl groups is 5. The zero-order valence-corrected chi connectivity index (χ0v) is 45.4. The fraction of sp³-hybridized carbons (Fsp3) is 0.898. The summed E-state index contributed by atoms with van der Waals surface area (Å²) in [6, 6.07) is -1.03. The van der Waals surface area contributed by atoms with Crippen molar-refractivity contribution in [2.75, 3.05) is 13.2 Å². The zero-order valence-electron chi connectivity index (χ0n) is 45.4. The molecule has 0 radical (unpaired) electrons. The number of rotatable bonds is 50. The van der Waals surface area contributed by atoms with Crippen molar-refractivity contribution < 1.29 is 49.3 Å². The Morgan fingerprint density at radius 2 is 0.943 bits per heavy atom. The van der Waals surface area contributed by atoms with Gasteiger partial charge in [-0.1, -0.05) is 244 Å². The lowest BCUT2D eigenvalue weighted by atomic mass is 9.99. The predicted octanol–water partition coefficient (Wildman–Crippen LogP) is 13.3. The van der Waals surface area contributed by atoms with Crippen LogP contribution in [0, 0.1) is 0 Å². The number of ether oxygens (including phenoxy) is 3. The minimum Gasteiger partial charge on any atom is -0.454 e. The maximum absolute atomic E-state index is 13.3. The minimum atomic E-state index is -1.61. The van der Waals surface area contributed by atoms with Crippen LogP contribution in [0.3, 0.4) is 0 Å². The summed E-state index contributed by atoms with van der Waals surface area (Å²) in [5.74, 6) is -1.20. The Morgan fingerprint density at radius 1 is 0.543 bits per heavy atom. The fourth-order valence-corrected chi connectivity index (χ4v) is 9.35. The van der Waals surface area contributed by atoms with Crippen LogP contribution in [0.25, 0.3) is 0 Å². The molecule has 1 amide bonds. The summed E-state index contributed by atoms with van der Waals surface area (Å²) in [7, 11) is 0. The van der Waals surface area contributed by atoms with Crippen LogP contribution in [-0.4, -0.2) is 99.6 Å². The number of carbonyl (C=O) groups is 2. The van der Waals surface area contributed by atoms with Crippen molar-refractivity contribution in [3.8, 4) is 0 Å². The van der Waals surface area contributed by atoms with Gasteiger partial charge in [0, 0.05) is 6.42 Å². The molecule has 1 heterocycles. The summed E-state index contributed by atoms with van der Waals surface area (Å²) in [6.07, 6.45) is 43.7. The standard InChI is InChI=1S/C59H111NO10/c1-4-7-10-13-16-19-22-25-26-27-28-29-32-35-38-41-44-47-54(64)70-57-56(66)55(65)53(48-61)69-59(57)68-49-50(51(62)45-42-39-36-33-30-23-20-17-14-11-8-5-2)60-58(67)52(63)46-43-40-37-34-31-24-21-18-15-12-9-6-3/h31,34,42,45,50-53,55-57,59,61-63,65-66H,4-30,32-33,35-41,43-44,46-49H2,1-3H3,(H,60,67)/b34-31-,45-42+. The summed E-state index contributed by atoms with van der Waals surface area (Å²) in [4.78, 5) is 26.4. The third kappa shape index (κ3) is 36.1. The number of nitrogens with one attached hydrogen (secondary N) is 1. The predicted molar refractivity (Wildman–Crippen MR) is 288 cm³/mol. The minimum absolute atomic E-state index is 0.128. The molecule has 0 aromatic heterocycles. The first-order valence-corrected chi connectivity index (χ1v) is 29.6. The van der Waals surface area contributed by atoms with Gasteiger partial charge < -0.3 is 45.1 Å². The molecule has 0 aliphatic carbocycles. The molecule has 412 valence electrons. The second kappa shape index (κ2) is 48.1. The van der Waals surface area contributed by atoms with E-state index in [1.165, 1.54) is 173 Å². The molecule has 1 rings (SSSR count). The number of hydrogen-bond acceptors (Lipinski definition) is 10. The Morgan fingerprint density at radius 3 is 1.39 bits per heavy atom. The van der Waals surface area contributed by atoms with E-state index in [1.807, 2.05) is 6.08 Å². The van der Waals surface area contributed by atoms with E-state index in [9.17, 15) is 35.1 Å². The van der Waals surface area contributed by atoms with Crippen LogP contribution in [-0.2, 0) is 23.8 Å². The Kier molecular flexibility index (Phi) is 45.5. The molecule has 0 spiro atoms. The molecule has 6 N–H and O–H groups in total. The van der Waals surface area contributed by atoms with Gasteiger partial charge in [0.1, 0.15) is 24.4 Å². The number of allylic oxidation sites excluding steroid dienone is 3. The summed E-state index contributed by atoms with van der Waals surface area (Å²) < 4.78 is 17.6. The highest BCUT2D eigenvalue weighted by Gasteiger charge is 2.47. The number of esters is 1. The van der Waals surface area contributed by atoms with Crippen molar-refractivity contribution in [3.63, 3.8) is 0 Å². The number of aliphatic hydroxyl groups excluding tert-OH is 5. The van der Waals surface area contributed by atoms with Gasteiger partial charge >= 0.3 is 5.97 Å². The highest BCUT2D eigenvalue weighted by atomic mass is 16.7. The van der Waals surface area contributed by atoms with E-state index in [0.717, 1.165) is 57.8 Å². The van der Waals surface area contributed by atoms with E-state index in [0.29, 0.717) is 12.8 Å². The number of carbonyl (C=O) groups excluding carboxylic acids is 2. The van der Waals surface area contributed by atoms with E-state index in [2.05, 4.69) is 38.2 Å². The third-order valence-electron chi connectivity index (χ3n) is 14.1. The quantitative estimate of drug-likeness (QED) is 0.0195. The van der Waals surface area contributed by atoms with Crippen molar-refractivity contribution in [1.29, 1.82) is 0 Å². The number of hydrogen-bond donors (Lipinski definition) is 6. The second-order valence-electron chi connectivity index (χ2n) is 20.7. The molecular weight excluding hydrogens is 883 g/mol. The van der Waals surface area contributed by atoms with Crippen molar-refractivity contribution in [2.45, 2.75) is 327 Å². The van der Waals surface area contributed by atoms with Crippen LogP contribution in [0.15, 0.2) is 24.3 Å². The molecule has 11 heteroatoms. The normalized spacial score (nSPS) is 19.8. The van der Waals surface area contributed by atoms with E-state index < -0.39 is 67.4 Å². The molecule has 0 aromatic rings. The van der Waals surface area contributed by atoms with Crippen LogP contribution in [0.2, 0.25) is 0 Å². The van der Waals surface area contributed by atoms with Gasteiger partial charge in [-0.15, -0.1) is 0 Å². The summed E-state index contributed by atoms with van der Waals surface area (Å²) in [6.45, 7) is 5.78. The molecule has 70 heavy (non-hydrogen) atoms. The van der Waals surface area contributed by atoms with Crippen LogP contribution in [0.4, 0.5) is 0 Å². The smallest absolute Gasteiger partial charge is 0.306 e. The first-order chi connectivity index (χ1) is 34.2. The van der Waals surface area contributed by atoms with E-state index in [4.69, 9.17) is 14.2 Å². The lowest BCUT2D eigenvalue weighted by molar-refractivity contribution is -0.305. The molecule has 0 bridgehead atoms. The molecule has 8 atom stereocenters. The van der Waals surface area contributed by atoms with Gasteiger partial charge in [-0.2, -0.15) is 0 Å². The van der Waals surface area contributed by atoms with Crippen LogP contribution in [0.1, 0.15) is 278 Å². The summed E-state index contributed by atoms with van der Waals surface area (Å²) in [5.41, 5.74) is 0. The molecular formula is C59H111NO10. The molecule has 1 fully saturated rings. The molecule has 1 aliphatic heterocycles. The molecule has 0 saturated carbocycles. The van der Waals surface area contributed by atoms with Gasteiger partial charge in [-0.3, -0.25) is 9.59 Å². The Bertz CT molecular complexity index is 1230. The molecule has 8 unspecified atom stereocenters. The van der Waals surface area contributed by atoms with Crippen molar-refractivity contribution >= 4 is 11.9 Å². The highest BCUT2D eigenvalue weighted by Crippen LogP contribution is 2.26. The van der Waals surface area contributed by atoms with Gasteiger partial charge in [0.2, 0.25) is 5.91 Å². The zero-order chi connectivity index (χ0) is 51.1. The fourth-order valence-electron chi connectivity index (χ4n) is 9.35. The second-order valence-corrected chi connectivity index (χ2v) is 20.7. The average Bonchev–Trinajstić information content (AvgIpc) is 3.36. The van der Waals surface area contributed by atoms with Gasteiger partial charge in [-0.25, -0.2) is 0 Å². The number of amides is 1. The van der Waals surface area contributed by atoms with Gasteiger partial charge in [0.25, 0.3) is 0 Å².